The van der Waals surface area contributed by atoms with E-state index in [1.54, 1.807) is 0 Å². The normalized spacial score (nSPS) is 17.4. The van der Waals surface area contributed by atoms with Crippen molar-refractivity contribution in [1.29, 1.82) is 0 Å². The molecule has 0 saturated heterocycles. The van der Waals surface area contributed by atoms with Crippen LogP contribution in [0.2, 0.25) is 0 Å². The van der Waals surface area contributed by atoms with E-state index in [0.717, 1.165) is 0 Å². The summed E-state index contributed by atoms with van der Waals surface area (Å²) < 4.78 is 93.8. The minimum atomic E-state index is -4.79. The van der Waals surface area contributed by atoms with Gasteiger partial charge in [0.05, 0.1) is 6.67 Å². The van der Waals surface area contributed by atoms with E-state index in [0.29, 0.717) is 25.7 Å². The van der Waals surface area contributed by atoms with Crippen molar-refractivity contribution in [2.75, 3.05) is 12.4 Å². The molecule has 0 radical (unpaired) electrons. The van der Waals surface area contributed by atoms with Crippen LogP contribution in [-0.2, 0) is 10.1 Å². The molecule has 130 valence electrons. The van der Waals surface area contributed by atoms with Gasteiger partial charge in [0.15, 0.2) is 18.5 Å². The average Bonchev–Trinajstić information content (AvgIpc) is 2.38. The fraction of sp³-hybridized carbons (Fsp3) is 1.00. The molecule has 0 aliphatic heterocycles. The zero-order chi connectivity index (χ0) is 16.5. The summed E-state index contributed by atoms with van der Waals surface area (Å²) in [5.74, 6) is -1.61. The van der Waals surface area contributed by atoms with Crippen LogP contribution in [0.15, 0.2) is 0 Å². The molecule has 1 N–H and O–H groups in total. The number of hydrogen-bond donors (Lipinski definition) is 1. The Morgan fingerprint density at radius 2 is 1.27 bits per heavy atom. The van der Waals surface area contributed by atoms with Crippen molar-refractivity contribution < 1.29 is 34.9 Å². The zero-order valence-electron chi connectivity index (χ0n) is 11.5. The van der Waals surface area contributed by atoms with Crippen molar-refractivity contribution in [2.24, 2.45) is 0 Å². The summed E-state index contributed by atoms with van der Waals surface area (Å²) in [6.07, 6.45) is -8.70. The quantitative estimate of drug-likeness (QED) is 0.255. The molecule has 3 nitrogen and oxygen atoms in total. The Labute approximate surface area is 140 Å². The van der Waals surface area contributed by atoms with E-state index < -0.39 is 47.2 Å². The molecule has 4 atom stereocenters. The maximum atomic E-state index is 13.4. The molecule has 10 heteroatoms. The molecule has 0 aliphatic rings. The number of hydrogen-bond acceptors (Lipinski definition) is 2. The van der Waals surface area contributed by atoms with Gasteiger partial charge in [-0.3, -0.25) is 8.94 Å². The van der Waals surface area contributed by atoms with Crippen molar-refractivity contribution >= 4 is 29.0 Å². The predicted octanol–water partition coefficient (Wildman–Crippen LogP) is 2.89. The van der Waals surface area contributed by atoms with Gasteiger partial charge in [-0.25, -0.2) is 17.6 Å². The fourth-order valence-corrected chi connectivity index (χ4v) is 2.40. The molecule has 0 aromatic carbocycles. The van der Waals surface area contributed by atoms with Gasteiger partial charge >= 0.3 is 18.9 Å². The van der Waals surface area contributed by atoms with Gasteiger partial charge in [-0.15, -0.1) is 0 Å². The Balaban J connectivity index is 0. The SMILES string of the molecule is O=S(=O)(O)CC(F)C(F)C(F)C(F)CCCCCCCF.[LiH]. The number of rotatable bonds is 12. The second kappa shape index (κ2) is 12.6. The van der Waals surface area contributed by atoms with Gasteiger partial charge in [-0.05, 0) is 12.8 Å². The third-order valence-electron chi connectivity index (χ3n) is 2.98. The Hall–Kier alpha value is 0.157. The summed E-state index contributed by atoms with van der Waals surface area (Å²) in [5, 5.41) is 0. The molecule has 0 bridgehead atoms. The molecule has 0 fully saturated rings. The fourth-order valence-electron chi connectivity index (χ4n) is 1.82. The monoisotopic (exact) mass is 348 g/mol. The molecule has 0 spiro atoms. The van der Waals surface area contributed by atoms with Crippen LogP contribution in [0.25, 0.3) is 0 Å². The van der Waals surface area contributed by atoms with Gasteiger partial charge < -0.3 is 0 Å². The van der Waals surface area contributed by atoms with E-state index >= 15 is 0 Å². The van der Waals surface area contributed by atoms with Crippen molar-refractivity contribution in [1.82, 2.24) is 0 Å². The first-order valence-electron chi connectivity index (χ1n) is 6.76. The van der Waals surface area contributed by atoms with E-state index in [9.17, 15) is 30.4 Å². The number of halogens is 5. The van der Waals surface area contributed by atoms with E-state index in [1.165, 1.54) is 0 Å². The van der Waals surface area contributed by atoms with Crippen molar-refractivity contribution in [3.05, 3.63) is 0 Å². The maximum absolute atomic E-state index is 13.4. The van der Waals surface area contributed by atoms with Crippen molar-refractivity contribution in [3.8, 4) is 0 Å². The van der Waals surface area contributed by atoms with Gasteiger partial charge in [0, 0.05) is 0 Å². The van der Waals surface area contributed by atoms with Crippen LogP contribution in [0.5, 0.6) is 0 Å². The van der Waals surface area contributed by atoms with Gasteiger partial charge in [0.25, 0.3) is 10.1 Å². The van der Waals surface area contributed by atoms with Gasteiger partial charge in [-0.2, -0.15) is 8.42 Å². The molecule has 22 heavy (non-hydrogen) atoms. The molecule has 0 rings (SSSR count). The summed E-state index contributed by atoms with van der Waals surface area (Å²) in [6, 6.07) is 0. The van der Waals surface area contributed by atoms with E-state index in [1.807, 2.05) is 0 Å². The van der Waals surface area contributed by atoms with Crippen LogP contribution in [0.4, 0.5) is 22.0 Å². The first-order chi connectivity index (χ1) is 9.69. The molecule has 4 unspecified atom stereocenters. The Morgan fingerprint density at radius 1 is 0.818 bits per heavy atom. The molecular formula is C12H22F5LiO3S. The first kappa shape index (κ1) is 24.4. The van der Waals surface area contributed by atoms with Gasteiger partial charge in [-0.1, -0.05) is 25.7 Å². The molecule has 0 saturated carbocycles. The van der Waals surface area contributed by atoms with Crippen LogP contribution in [0.3, 0.4) is 0 Å². The van der Waals surface area contributed by atoms with Crippen LogP contribution >= 0.6 is 0 Å². The third kappa shape index (κ3) is 11.7. The first-order valence-corrected chi connectivity index (χ1v) is 8.37. The molecule has 0 aromatic heterocycles. The van der Waals surface area contributed by atoms with E-state index in [4.69, 9.17) is 4.55 Å². The Morgan fingerprint density at radius 3 is 1.77 bits per heavy atom. The van der Waals surface area contributed by atoms with E-state index in [2.05, 4.69) is 0 Å². The molecular weight excluding hydrogens is 326 g/mol. The van der Waals surface area contributed by atoms with Crippen LogP contribution < -0.4 is 0 Å². The Bertz CT molecular complexity index is 372. The zero-order valence-corrected chi connectivity index (χ0v) is 12.3. The van der Waals surface area contributed by atoms with Crippen LogP contribution in [-0.4, -0.2) is 68.9 Å². The van der Waals surface area contributed by atoms with Gasteiger partial charge in [0.1, 0.15) is 11.9 Å². The van der Waals surface area contributed by atoms with Crippen molar-refractivity contribution in [2.45, 2.75) is 63.2 Å². The Kier molecular flexibility index (Phi) is 13.9. The topological polar surface area (TPSA) is 54.4 Å². The summed E-state index contributed by atoms with van der Waals surface area (Å²) in [4.78, 5) is 0. The number of alkyl halides is 5. The average molecular weight is 348 g/mol. The summed E-state index contributed by atoms with van der Waals surface area (Å²) >= 11 is 0. The second-order valence-electron chi connectivity index (χ2n) is 4.91. The molecule has 0 aromatic rings. The van der Waals surface area contributed by atoms with Crippen molar-refractivity contribution in [3.63, 3.8) is 0 Å². The van der Waals surface area contributed by atoms with E-state index in [-0.39, 0.29) is 31.7 Å². The molecule has 0 amide bonds. The molecule has 0 heterocycles. The summed E-state index contributed by atoms with van der Waals surface area (Å²) in [6.45, 7) is -0.437. The predicted molar refractivity (Wildman–Crippen MR) is 76.8 cm³/mol. The summed E-state index contributed by atoms with van der Waals surface area (Å²) in [7, 11) is -4.79. The molecule has 0 aliphatic carbocycles. The van der Waals surface area contributed by atoms with Gasteiger partial charge in [0.2, 0.25) is 0 Å². The van der Waals surface area contributed by atoms with Crippen LogP contribution in [0, 0.1) is 0 Å². The second-order valence-corrected chi connectivity index (χ2v) is 6.41. The minimum absolute atomic E-state index is 0. The standard InChI is InChI=1S/C12H21F5O3S.Li.H/c13-7-5-3-1-2-4-6-9(14)11(16)12(17)10(15)8-21(18,19)20;;/h9-12H,1-8H2,(H,18,19,20);;. The summed E-state index contributed by atoms with van der Waals surface area (Å²) in [5.41, 5.74) is 0. The number of unbranched alkanes of at least 4 members (excludes halogenated alkanes) is 4. The van der Waals surface area contributed by atoms with Crippen LogP contribution in [0.1, 0.15) is 38.5 Å². The third-order valence-corrected chi connectivity index (χ3v) is 3.72.